The fourth-order valence-electron chi connectivity index (χ4n) is 5.00. The molecular formula is C27H26F2N8O. The highest BCUT2D eigenvalue weighted by atomic mass is 19.3. The molecule has 9 nitrogen and oxygen atoms in total. The summed E-state index contributed by atoms with van der Waals surface area (Å²) in [6, 6.07) is 7.38. The maximum Gasteiger partial charge on any atom is 0.265 e. The molecule has 0 radical (unpaired) electrons. The number of pyridine rings is 2. The summed E-state index contributed by atoms with van der Waals surface area (Å²) in [7, 11) is 0. The summed E-state index contributed by atoms with van der Waals surface area (Å²) >= 11 is 0. The van der Waals surface area contributed by atoms with Gasteiger partial charge in [0.05, 0.1) is 48.2 Å². The number of anilines is 1. The van der Waals surface area contributed by atoms with Crippen LogP contribution in [0.2, 0.25) is 0 Å². The second kappa shape index (κ2) is 9.56. The zero-order chi connectivity index (χ0) is 26.4. The summed E-state index contributed by atoms with van der Waals surface area (Å²) in [4.78, 5) is 23.8. The van der Waals surface area contributed by atoms with E-state index in [2.05, 4.69) is 31.9 Å². The van der Waals surface area contributed by atoms with Crippen LogP contribution < -0.4 is 4.90 Å². The lowest BCUT2D eigenvalue weighted by atomic mass is 10.1. The normalized spacial score (nSPS) is 16.1. The maximum absolute atomic E-state index is 13.4. The molecule has 0 amide bonds. The van der Waals surface area contributed by atoms with Crippen LogP contribution in [0.25, 0.3) is 39.4 Å². The van der Waals surface area contributed by atoms with Crippen molar-refractivity contribution in [1.82, 2.24) is 34.7 Å². The number of rotatable bonds is 5. The minimum Gasteiger partial charge on any atom is -0.377 e. The van der Waals surface area contributed by atoms with E-state index in [0.717, 1.165) is 39.4 Å². The fraction of sp³-hybridized carbons (Fsp3) is 0.296. The largest absolute Gasteiger partial charge is 0.377 e. The number of fused-ring (bicyclic) bond motifs is 1. The Morgan fingerprint density at radius 3 is 2.82 bits per heavy atom. The molecule has 194 valence electrons. The van der Waals surface area contributed by atoms with Crippen molar-refractivity contribution in [2.24, 2.45) is 0 Å². The minimum absolute atomic E-state index is 0.136. The lowest BCUT2D eigenvalue weighted by Gasteiger charge is -2.34. The van der Waals surface area contributed by atoms with Gasteiger partial charge in [-0.1, -0.05) is 0 Å². The van der Waals surface area contributed by atoms with Crippen LogP contribution in [0.3, 0.4) is 0 Å². The van der Waals surface area contributed by atoms with Crippen LogP contribution in [0.1, 0.15) is 30.3 Å². The Morgan fingerprint density at radius 1 is 1.13 bits per heavy atom. The Balaban J connectivity index is 1.53. The number of H-pyrrole nitrogens is 1. The van der Waals surface area contributed by atoms with Gasteiger partial charge >= 0.3 is 0 Å². The Kier molecular flexibility index (Phi) is 6.07. The van der Waals surface area contributed by atoms with Gasteiger partial charge in [-0.05, 0) is 39.0 Å². The molecule has 5 aromatic heterocycles. The Labute approximate surface area is 217 Å². The van der Waals surface area contributed by atoms with E-state index in [9.17, 15) is 8.78 Å². The molecule has 0 saturated carbocycles. The van der Waals surface area contributed by atoms with Gasteiger partial charge in [0.25, 0.3) is 6.43 Å². The number of aromatic amines is 1. The van der Waals surface area contributed by atoms with Crippen molar-refractivity contribution in [2.45, 2.75) is 33.2 Å². The van der Waals surface area contributed by atoms with Crippen molar-refractivity contribution in [3.05, 3.63) is 66.0 Å². The van der Waals surface area contributed by atoms with Crippen LogP contribution in [-0.2, 0) is 4.74 Å². The van der Waals surface area contributed by atoms with Gasteiger partial charge in [0.1, 0.15) is 11.5 Å². The van der Waals surface area contributed by atoms with Crippen molar-refractivity contribution >= 4 is 16.9 Å². The number of nitrogens with one attached hydrogen (secondary N) is 1. The number of hydrogen-bond donors (Lipinski definition) is 1. The van der Waals surface area contributed by atoms with Crippen molar-refractivity contribution in [3.63, 3.8) is 0 Å². The third kappa shape index (κ3) is 4.18. The molecule has 38 heavy (non-hydrogen) atoms. The zero-order valence-electron chi connectivity index (χ0n) is 21.2. The summed E-state index contributed by atoms with van der Waals surface area (Å²) in [5.74, 6) is 1.35. The number of nitrogens with zero attached hydrogens (tertiary/aromatic N) is 7. The molecule has 1 atom stereocenters. The molecule has 1 saturated heterocycles. The van der Waals surface area contributed by atoms with Crippen molar-refractivity contribution in [3.8, 4) is 28.3 Å². The Morgan fingerprint density at radius 2 is 2.00 bits per heavy atom. The number of hydrogen-bond acceptors (Lipinski definition) is 7. The smallest absolute Gasteiger partial charge is 0.265 e. The van der Waals surface area contributed by atoms with E-state index in [1.165, 1.54) is 18.5 Å². The first-order valence-electron chi connectivity index (χ1n) is 12.4. The van der Waals surface area contributed by atoms with Crippen LogP contribution in [0.4, 0.5) is 14.6 Å². The summed E-state index contributed by atoms with van der Waals surface area (Å²) in [6.45, 7) is 7.82. The zero-order valence-corrected chi connectivity index (χ0v) is 21.2. The number of morpholine rings is 1. The Hall–Kier alpha value is -4.25. The minimum atomic E-state index is -2.62. The van der Waals surface area contributed by atoms with Crippen LogP contribution in [0.15, 0.2) is 49.1 Å². The van der Waals surface area contributed by atoms with E-state index < -0.39 is 6.43 Å². The first kappa shape index (κ1) is 24.1. The number of aromatic nitrogens is 7. The van der Waals surface area contributed by atoms with E-state index in [0.29, 0.717) is 37.0 Å². The van der Waals surface area contributed by atoms with E-state index >= 15 is 0 Å². The van der Waals surface area contributed by atoms with Crippen molar-refractivity contribution in [2.75, 3.05) is 24.7 Å². The molecule has 6 rings (SSSR count). The Bertz CT molecular complexity index is 1630. The van der Waals surface area contributed by atoms with E-state index in [1.807, 2.05) is 38.2 Å². The monoisotopic (exact) mass is 516 g/mol. The van der Waals surface area contributed by atoms with Gasteiger partial charge < -0.3 is 14.6 Å². The molecule has 0 aromatic carbocycles. The maximum atomic E-state index is 13.4. The number of ether oxygens (including phenoxy) is 1. The van der Waals surface area contributed by atoms with E-state index in [4.69, 9.17) is 14.7 Å². The highest BCUT2D eigenvalue weighted by Gasteiger charge is 2.25. The van der Waals surface area contributed by atoms with E-state index in [1.54, 1.807) is 10.9 Å². The third-order valence-electron chi connectivity index (χ3n) is 6.86. The molecule has 0 aliphatic carbocycles. The molecule has 1 aliphatic heterocycles. The predicted octanol–water partition coefficient (Wildman–Crippen LogP) is 5.05. The molecule has 1 N–H and O–H groups in total. The first-order valence-corrected chi connectivity index (χ1v) is 12.4. The van der Waals surface area contributed by atoms with Gasteiger partial charge in [-0.15, -0.1) is 0 Å². The fourth-order valence-corrected chi connectivity index (χ4v) is 5.00. The molecular weight excluding hydrogens is 490 g/mol. The average molecular weight is 517 g/mol. The summed E-state index contributed by atoms with van der Waals surface area (Å²) in [5, 5.41) is 5.60. The molecule has 0 unspecified atom stereocenters. The summed E-state index contributed by atoms with van der Waals surface area (Å²) in [5.41, 5.74) is 4.93. The van der Waals surface area contributed by atoms with E-state index in [-0.39, 0.29) is 11.6 Å². The predicted molar refractivity (Wildman–Crippen MR) is 140 cm³/mol. The van der Waals surface area contributed by atoms with Gasteiger partial charge in [0.2, 0.25) is 0 Å². The van der Waals surface area contributed by atoms with Crippen molar-refractivity contribution in [1.29, 1.82) is 0 Å². The highest BCUT2D eigenvalue weighted by molar-refractivity contribution is 5.91. The molecule has 6 heterocycles. The second-order valence-corrected chi connectivity index (χ2v) is 9.39. The summed E-state index contributed by atoms with van der Waals surface area (Å²) < 4.78 is 34.0. The second-order valence-electron chi connectivity index (χ2n) is 9.39. The van der Waals surface area contributed by atoms with Crippen LogP contribution in [-0.4, -0.2) is 60.5 Å². The van der Waals surface area contributed by atoms with Crippen LogP contribution in [0, 0.1) is 13.8 Å². The van der Waals surface area contributed by atoms with Gasteiger partial charge in [0, 0.05) is 53.3 Å². The molecule has 1 fully saturated rings. The summed E-state index contributed by atoms with van der Waals surface area (Å²) in [6.07, 6.45) is 3.66. The number of alkyl halides is 2. The third-order valence-corrected chi connectivity index (χ3v) is 6.86. The lowest BCUT2D eigenvalue weighted by Crippen LogP contribution is -2.44. The molecule has 0 spiro atoms. The van der Waals surface area contributed by atoms with Gasteiger partial charge in [0.15, 0.2) is 5.82 Å². The standard InChI is InChI=1S/C27H26F2N8O/c1-15-14-38-9-8-36(15)23-11-22(33-27(34-23)21-5-7-32-26-20(21)4-6-31-26)24-16(2)35-37(17(24)3)19-10-18(25(28)29)12-30-13-19/h4-7,10-13,15,25H,8-9,14H2,1-3H3,(H,31,32)/t15-/m1/s1. The SMILES string of the molecule is Cc1nn(-c2cncc(C(F)F)c2)c(C)c1-c1cc(N2CCOC[C@H]2C)nc(-c2ccnc3[nH]ccc23)n1. The van der Waals surface area contributed by atoms with Crippen LogP contribution >= 0.6 is 0 Å². The number of halogens is 2. The quantitative estimate of drug-likeness (QED) is 0.349. The van der Waals surface area contributed by atoms with Gasteiger partial charge in [-0.2, -0.15) is 5.10 Å². The molecule has 11 heteroatoms. The molecule has 1 aliphatic rings. The lowest BCUT2D eigenvalue weighted by molar-refractivity contribution is 0.0985. The van der Waals surface area contributed by atoms with Crippen LogP contribution in [0.5, 0.6) is 0 Å². The van der Waals surface area contributed by atoms with Gasteiger partial charge in [-0.25, -0.2) is 28.4 Å². The van der Waals surface area contributed by atoms with Gasteiger partial charge in [-0.3, -0.25) is 4.98 Å². The molecule has 5 aromatic rings. The van der Waals surface area contributed by atoms with Crippen molar-refractivity contribution < 1.29 is 13.5 Å². The average Bonchev–Trinajstić information content (AvgIpc) is 3.52. The topological polar surface area (TPSA) is 97.6 Å². The number of aryl methyl sites for hydroxylation is 1. The highest BCUT2D eigenvalue weighted by Crippen LogP contribution is 2.34. The first-order chi connectivity index (χ1) is 18.4. The molecule has 0 bridgehead atoms.